The van der Waals surface area contributed by atoms with E-state index in [-0.39, 0.29) is 11.9 Å². The summed E-state index contributed by atoms with van der Waals surface area (Å²) in [7, 11) is 0. The van der Waals surface area contributed by atoms with Crippen molar-refractivity contribution in [2.45, 2.75) is 51.6 Å². The third-order valence-electron chi connectivity index (χ3n) is 4.05. The molecule has 0 bridgehead atoms. The van der Waals surface area contributed by atoms with Crippen LogP contribution >= 0.6 is 0 Å². The molecule has 1 unspecified atom stereocenters. The van der Waals surface area contributed by atoms with E-state index in [2.05, 4.69) is 36.6 Å². The van der Waals surface area contributed by atoms with Gasteiger partial charge in [-0.05, 0) is 24.3 Å². The smallest absolute Gasteiger partial charge is 0.234 e. The molecule has 1 aliphatic carbocycles. The molecule has 1 aromatic carbocycles. The van der Waals surface area contributed by atoms with E-state index in [1.807, 2.05) is 18.2 Å². The van der Waals surface area contributed by atoms with Crippen molar-refractivity contribution < 1.29 is 4.79 Å². The predicted molar refractivity (Wildman–Crippen MR) is 82.4 cm³/mol. The van der Waals surface area contributed by atoms with Crippen LogP contribution in [0.25, 0.3) is 0 Å². The molecule has 0 radical (unpaired) electrons. The van der Waals surface area contributed by atoms with Gasteiger partial charge in [-0.3, -0.25) is 4.79 Å². The van der Waals surface area contributed by atoms with Gasteiger partial charge in [0.2, 0.25) is 5.91 Å². The van der Waals surface area contributed by atoms with Crippen LogP contribution in [0.5, 0.6) is 0 Å². The first kappa shape index (κ1) is 15.0. The van der Waals surface area contributed by atoms with Gasteiger partial charge in [0.05, 0.1) is 12.6 Å². The van der Waals surface area contributed by atoms with E-state index in [9.17, 15) is 4.79 Å². The third kappa shape index (κ3) is 4.34. The Morgan fingerprint density at radius 3 is 2.45 bits per heavy atom. The van der Waals surface area contributed by atoms with E-state index < -0.39 is 0 Å². The summed E-state index contributed by atoms with van der Waals surface area (Å²) in [4.78, 5) is 12.1. The molecule has 1 atom stereocenters. The normalized spacial score (nSPS) is 17.4. The first-order valence-electron chi connectivity index (χ1n) is 7.74. The van der Waals surface area contributed by atoms with Crippen LogP contribution in [0.15, 0.2) is 30.3 Å². The van der Waals surface area contributed by atoms with Crippen molar-refractivity contribution in [3.05, 3.63) is 35.9 Å². The number of carbonyl (C=O) groups excluding carboxylic acids is 1. The fourth-order valence-electron chi connectivity index (χ4n) is 2.89. The molecule has 1 fully saturated rings. The number of nitrogens with one attached hydrogen (secondary N) is 2. The minimum atomic E-state index is 0.0917. The molecule has 2 rings (SSSR count). The van der Waals surface area contributed by atoms with Crippen LogP contribution in [0.3, 0.4) is 0 Å². The summed E-state index contributed by atoms with van der Waals surface area (Å²) in [6.45, 7) is 4.71. The van der Waals surface area contributed by atoms with E-state index >= 15 is 0 Å². The second kappa shape index (κ2) is 7.44. The lowest BCUT2D eigenvalue weighted by atomic mass is 9.96. The van der Waals surface area contributed by atoms with Crippen molar-refractivity contribution >= 4 is 5.91 Å². The topological polar surface area (TPSA) is 41.1 Å². The van der Waals surface area contributed by atoms with Crippen molar-refractivity contribution in [3.8, 4) is 0 Å². The van der Waals surface area contributed by atoms with Crippen LogP contribution < -0.4 is 10.6 Å². The van der Waals surface area contributed by atoms with Crippen molar-refractivity contribution in [3.63, 3.8) is 0 Å². The zero-order valence-corrected chi connectivity index (χ0v) is 12.6. The Balaban J connectivity index is 1.86. The van der Waals surface area contributed by atoms with Crippen LogP contribution in [0.2, 0.25) is 0 Å². The van der Waals surface area contributed by atoms with Gasteiger partial charge in [-0.1, -0.05) is 57.0 Å². The predicted octanol–water partition coefficient (Wildman–Crippen LogP) is 3.03. The van der Waals surface area contributed by atoms with Gasteiger partial charge in [-0.15, -0.1) is 0 Å². The van der Waals surface area contributed by atoms with Gasteiger partial charge >= 0.3 is 0 Å². The number of amides is 1. The summed E-state index contributed by atoms with van der Waals surface area (Å²) in [6.07, 6.45) is 5.00. The van der Waals surface area contributed by atoms with E-state index in [0.717, 1.165) is 0 Å². The Hall–Kier alpha value is -1.35. The summed E-state index contributed by atoms with van der Waals surface area (Å²) in [5.41, 5.74) is 1.18. The van der Waals surface area contributed by atoms with Crippen LogP contribution in [0, 0.1) is 5.92 Å². The second-order valence-electron chi connectivity index (χ2n) is 6.06. The van der Waals surface area contributed by atoms with E-state index in [1.165, 1.54) is 31.2 Å². The quantitative estimate of drug-likeness (QED) is 0.837. The fraction of sp³-hybridized carbons (Fsp3) is 0.588. The van der Waals surface area contributed by atoms with Gasteiger partial charge in [-0.25, -0.2) is 0 Å². The van der Waals surface area contributed by atoms with Crippen molar-refractivity contribution in [1.82, 2.24) is 10.6 Å². The molecular weight excluding hydrogens is 248 g/mol. The molecule has 1 amide bonds. The number of hydrogen-bond donors (Lipinski definition) is 2. The summed E-state index contributed by atoms with van der Waals surface area (Å²) in [5.74, 6) is 0.479. The van der Waals surface area contributed by atoms with Gasteiger partial charge in [0.1, 0.15) is 0 Å². The van der Waals surface area contributed by atoms with Crippen molar-refractivity contribution in [2.75, 3.05) is 6.54 Å². The van der Waals surface area contributed by atoms with Crippen molar-refractivity contribution in [2.24, 2.45) is 5.92 Å². The number of benzene rings is 1. The average molecular weight is 274 g/mol. The number of hydrogen-bond acceptors (Lipinski definition) is 2. The highest BCUT2D eigenvalue weighted by atomic mass is 16.2. The van der Waals surface area contributed by atoms with Gasteiger partial charge in [0.25, 0.3) is 0 Å². The molecule has 0 saturated heterocycles. The fourth-order valence-corrected chi connectivity index (χ4v) is 2.89. The minimum Gasteiger partial charge on any atom is -0.348 e. The summed E-state index contributed by atoms with van der Waals surface area (Å²) in [6, 6.07) is 10.8. The SMILES string of the molecule is CC(C)C(NC(=O)CNC1CCCC1)c1ccccc1. The number of carbonyl (C=O) groups is 1. The highest BCUT2D eigenvalue weighted by Gasteiger charge is 2.19. The Bertz CT molecular complexity index is 410. The van der Waals surface area contributed by atoms with Crippen LogP contribution in [0.4, 0.5) is 0 Å². The largest absolute Gasteiger partial charge is 0.348 e. The molecule has 20 heavy (non-hydrogen) atoms. The molecule has 1 aliphatic rings. The summed E-state index contributed by atoms with van der Waals surface area (Å²) >= 11 is 0. The van der Waals surface area contributed by atoms with Crippen LogP contribution in [0.1, 0.15) is 51.1 Å². The average Bonchev–Trinajstić information content (AvgIpc) is 2.96. The number of rotatable bonds is 6. The first-order valence-corrected chi connectivity index (χ1v) is 7.74. The first-order chi connectivity index (χ1) is 9.66. The van der Waals surface area contributed by atoms with Crippen molar-refractivity contribution in [1.29, 1.82) is 0 Å². The van der Waals surface area contributed by atoms with Gasteiger partial charge in [0, 0.05) is 6.04 Å². The summed E-state index contributed by atoms with van der Waals surface area (Å²) in [5, 5.41) is 6.52. The molecule has 3 nitrogen and oxygen atoms in total. The van der Waals surface area contributed by atoms with Crippen LogP contribution in [-0.4, -0.2) is 18.5 Å². The van der Waals surface area contributed by atoms with Gasteiger partial charge in [0.15, 0.2) is 0 Å². The maximum atomic E-state index is 12.1. The zero-order valence-electron chi connectivity index (χ0n) is 12.6. The summed E-state index contributed by atoms with van der Waals surface area (Å²) < 4.78 is 0. The molecule has 0 spiro atoms. The Labute approximate surface area is 122 Å². The molecular formula is C17H26N2O. The Morgan fingerprint density at radius 2 is 1.85 bits per heavy atom. The van der Waals surface area contributed by atoms with Gasteiger partial charge in [-0.2, -0.15) is 0 Å². The van der Waals surface area contributed by atoms with Gasteiger partial charge < -0.3 is 10.6 Å². The monoisotopic (exact) mass is 274 g/mol. The van der Waals surface area contributed by atoms with E-state index in [4.69, 9.17) is 0 Å². The molecule has 0 heterocycles. The highest BCUT2D eigenvalue weighted by molar-refractivity contribution is 5.78. The molecule has 110 valence electrons. The van der Waals surface area contributed by atoms with E-state index in [0.29, 0.717) is 18.5 Å². The standard InChI is InChI=1S/C17H26N2O/c1-13(2)17(14-8-4-3-5-9-14)19-16(20)12-18-15-10-6-7-11-15/h3-5,8-9,13,15,17-18H,6-7,10-12H2,1-2H3,(H,19,20). The van der Waals surface area contributed by atoms with Crippen LogP contribution in [-0.2, 0) is 4.79 Å². The lowest BCUT2D eigenvalue weighted by Crippen LogP contribution is -2.40. The third-order valence-corrected chi connectivity index (χ3v) is 4.05. The second-order valence-corrected chi connectivity index (χ2v) is 6.06. The molecule has 1 saturated carbocycles. The lowest BCUT2D eigenvalue weighted by molar-refractivity contribution is -0.121. The van der Waals surface area contributed by atoms with E-state index in [1.54, 1.807) is 0 Å². The maximum absolute atomic E-state index is 12.1. The Morgan fingerprint density at radius 1 is 1.20 bits per heavy atom. The maximum Gasteiger partial charge on any atom is 0.234 e. The molecule has 0 aromatic heterocycles. The molecule has 3 heteroatoms. The Kier molecular flexibility index (Phi) is 5.60. The molecule has 2 N–H and O–H groups in total. The zero-order chi connectivity index (χ0) is 14.4. The highest BCUT2D eigenvalue weighted by Crippen LogP contribution is 2.21. The minimum absolute atomic E-state index is 0.0917. The molecule has 0 aliphatic heterocycles. The lowest BCUT2D eigenvalue weighted by Gasteiger charge is -2.23. The molecule has 1 aromatic rings.